The van der Waals surface area contributed by atoms with Crippen molar-refractivity contribution >= 4 is 0 Å². The molecule has 0 saturated heterocycles. The molecule has 3 aromatic rings. The van der Waals surface area contributed by atoms with E-state index in [2.05, 4.69) is 24.8 Å². The lowest BCUT2D eigenvalue weighted by atomic mass is 10.1. The highest BCUT2D eigenvalue weighted by Crippen LogP contribution is 2.29. The summed E-state index contributed by atoms with van der Waals surface area (Å²) in [6, 6.07) is 0. The Balaban J connectivity index is 1.48. The molecule has 0 spiro atoms. The maximum Gasteiger partial charge on any atom is 0.220 e. The van der Waals surface area contributed by atoms with Crippen molar-refractivity contribution in [1.29, 1.82) is 0 Å². The SMILES string of the molecule is Cc1nc(C)c2c(n1)O[C@H](CN(Cc1cocn1)Cc1cocn1)C2. The lowest BCUT2D eigenvalue weighted by Gasteiger charge is -2.23. The molecule has 0 saturated carbocycles. The van der Waals surface area contributed by atoms with Crippen LogP contribution in [0.5, 0.6) is 5.88 Å². The summed E-state index contributed by atoms with van der Waals surface area (Å²) in [5, 5.41) is 0. The first-order chi connectivity index (χ1) is 12.2. The molecule has 4 rings (SSSR count). The summed E-state index contributed by atoms with van der Waals surface area (Å²) >= 11 is 0. The molecule has 4 heterocycles. The van der Waals surface area contributed by atoms with Gasteiger partial charge in [-0.15, -0.1) is 0 Å². The Kier molecular flexibility index (Phi) is 4.19. The van der Waals surface area contributed by atoms with Crippen LogP contribution >= 0.6 is 0 Å². The van der Waals surface area contributed by atoms with Gasteiger partial charge in [0.25, 0.3) is 0 Å². The van der Waals surface area contributed by atoms with Crippen LogP contribution in [0.15, 0.2) is 34.1 Å². The zero-order valence-electron chi connectivity index (χ0n) is 14.2. The Morgan fingerprint density at radius 2 is 1.72 bits per heavy atom. The molecule has 1 aliphatic rings. The Bertz CT molecular complexity index is 796. The third kappa shape index (κ3) is 3.53. The Labute approximate surface area is 144 Å². The summed E-state index contributed by atoms with van der Waals surface area (Å²) in [6.07, 6.45) is 7.00. The first-order valence-corrected chi connectivity index (χ1v) is 8.14. The van der Waals surface area contributed by atoms with Crippen LogP contribution in [-0.4, -0.2) is 37.5 Å². The van der Waals surface area contributed by atoms with Crippen molar-refractivity contribution in [2.24, 2.45) is 0 Å². The van der Waals surface area contributed by atoms with Gasteiger partial charge in [-0.2, -0.15) is 4.98 Å². The molecule has 0 bridgehead atoms. The van der Waals surface area contributed by atoms with Crippen LogP contribution in [0.25, 0.3) is 0 Å². The summed E-state index contributed by atoms with van der Waals surface area (Å²) in [7, 11) is 0. The van der Waals surface area contributed by atoms with Crippen molar-refractivity contribution in [3.63, 3.8) is 0 Å². The predicted molar refractivity (Wildman–Crippen MR) is 86.7 cm³/mol. The summed E-state index contributed by atoms with van der Waals surface area (Å²) in [4.78, 5) is 19.5. The predicted octanol–water partition coefficient (Wildman–Crippen LogP) is 2.08. The molecular weight excluding hydrogens is 322 g/mol. The summed E-state index contributed by atoms with van der Waals surface area (Å²) in [5.41, 5.74) is 3.82. The number of nitrogens with zero attached hydrogens (tertiary/aromatic N) is 5. The fourth-order valence-corrected chi connectivity index (χ4v) is 3.13. The molecule has 0 fully saturated rings. The molecule has 0 amide bonds. The molecule has 0 radical (unpaired) electrons. The molecule has 0 aromatic carbocycles. The normalized spacial score (nSPS) is 16.2. The molecule has 3 aromatic heterocycles. The van der Waals surface area contributed by atoms with E-state index in [1.54, 1.807) is 12.5 Å². The van der Waals surface area contributed by atoms with E-state index in [1.807, 2.05) is 13.8 Å². The van der Waals surface area contributed by atoms with Crippen LogP contribution in [0.1, 0.15) is 28.5 Å². The molecule has 8 nitrogen and oxygen atoms in total. The number of rotatable bonds is 6. The van der Waals surface area contributed by atoms with Crippen molar-refractivity contribution < 1.29 is 13.6 Å². The van der Waals surface area contributed by atoms with Gasteiger partial charge in [-0.05, 0) is 13.8 Å². The molecule has 1 aliphatic heterocycles. The van der Waals surface area contributed by atoms with Crippen molar-refractivity contribution in [2.75, 3.05) is 6.54 Å². The second-order valence-corrected chi connectivity index (χ2v) is 6.21. The van der Waals surface area contributed by atoms with Crippen LogP contribution in [0.3, 0.4) is 0 Å². The molecule has 0 aliphatic carbocycles. The van der Waals surface area contributed by atoms with E-state index >= 15 is 0 Å². The summed E-state index contributed by atoms with van der Waals surface area (Å²) < 4.78 is 16.2. The number of fused-ring (bicyclic) bond motifs is 1. The minimum Gasteiger partial charge on any atom is -0.472 e. The van der Waals surface area contributed by atoms with Gasteiger partial charge in [-0.3, -0.25) is 4.90 Å². The maximum absolute atomic E-state index is 6.06. The van der Waals surface area contributed by atoms with Crippen LogP contribution in [0.2, 0.25) is 0 Å². The highest BCUT2D eigenvalue weighted by atomic mass is 16.5. The van der Waals surface area contributed by atoms with Gasteiger partial charge >= 0.3 is 0 Å². The third-order valence-corrected chi connectivity index (χ3v) is 4.20. The van der Waals surface area contributed by atoms with Gasteiger partial charge in [0.05, 0.1) is 11.4 Å². The minimum absolute atomic E-state index is 0.0172. The van der Waals surface area contributed by atoms with Gasteiger partial charge in [0.15, 0.2) is 12.8 Å². The number of ether oxygens (including phenoxy) is 1. The fourth-order valence-electron chi connectivity index (χ4n) is 3.13. The Morgan fingerprint density at radius 3 is 2.32 bits per heavy atom. The largest absolute Gasteiger partial charge is 0.472 e. The van der Waals surface area contributed by atoms with E-state index in [-0.39, 0.29) is 6.10 Å². The van der Waals surface area contributed by atoms with Crippen molar-refractivity contribution in [2.45, 2.75) is 39.5 Å². The molecule has 1 atom stereocenters. The zero-order valence-corrected chi connectivity index (χ0v) is 14.2. The van der Waals surface area contributed by atoms with E-state index in [4.69, 9.17) is 13.6 Å². The van der Waals surface area contributed by atoms with Crippen LogP contribution < -0.4 is 4.74 Å². The number of aromatic nitrogens is 4. The Hall–Kier alpha value is -2.74. The van der Waals surface area contributed by atoms with Gasteiger partial charge in [0.1, 0.15) is 24.5 Å². The lowest BCUT2D eigenvalue weighted by molar-refractivity contribution is 0.135. The Morgan fingerprint density at radius 1 is 1.04 bits per heavy atom. The van der Waals surface area contributed by atoms with E-state index in [0.717, 1.165) is 34.9 Å². The van der Waals surface area contributed by atoms with Crippen molar-refractivity contribution in [3.05, 3.63) is 53.8 Å². The average molecular weight is 341 g/mol. The maximum atomic E-state index is 6.06. The van der Waals surface area contributed by atoms with Crippen LogP contribution in [0.4, 0.5) is 0 Å². The second kappa shape index (κ2) is 6.64. The topological polar surface area (TPSA) is 90.3 Å². The molecular formula is C17H19N5O3. The number of aryl methyl sites for hydroxylation is 2. The first-order valence-electron chi connectivity index (χ1n) is 8.14. The smallest absolute Gasteiger partial charge is 0.220 e. The van der Waals surface area contributed by atoms with Gasteiger partial charge < -0.3 is 13.6 Å². The van der Waals surface area contributed by atoms with E-state index in [9.17, 15) is 0 Å². The first kappa shape index (κ1) is 15.8. The number of hydrogen-bond donors (Lipinski definition) is 0. The monoisotopic (exact) mass is 341 g/mol. The van der Waals surface area contributed by atoms with Gasteiger partial charge in [0.2, 0.25) is 5.88 Å². The lowest BCUT2D eigenvalue weighted by Crippen LogP contribution is -2.34. The van der Waals surface area contributed by atoms with Crippen LogP contribution in [0, 0.1) is 13.8 Å². The molecule has 25 heavy (non-hydrogen) atoms. The van der Waals surface area contributed by atoms with Gasteiger partial charge in [0, 0.05) is 37.3 Å². The zero-order chi connectivity index (χ0) is 17.2. The van der Waals surface area contributed by atoms with Crippen molar-refractivity contribution in [1.82, 2.24) is 24.8 Å². The van der Waals surface area contributed by atoms with Gasteiger partial charge in [-0.1, -0.05) is 0 Å². The average Bonchev–Trinajstić information content (AvgIpc) is 3.29. The fraction of sp³-hybridized carbons (Fsp3) is 0.412. The van der Waals surface area contributed by atoms with E-state index in [1.165, 1.54) is 12.8 Å². The standard InChI is InChI=1S/C17H19N5O3/c1-11-16-3-15(25-17(16)21-12(2)20-11)6-22(4-13-7-23-9-18-13)5-14-8-24-10-19-14/h7-10,15H,3-6H2,1-2H3/t15-/m0/s1. The van der Waals surface area contributed by atoms with E-state index < -0.39 is 0 Å². The second-order valence-electron chi connectivity index (χ2n) is 6.21. The summed E-state index contributed by atoms with van der Waals surface area (Å²) in [6.45, 7) is 5.88. The van der Waals surface area contributed by atoms with Crippen LogP contribution in [-0.2, 0) is 19.5 Å². The molecule has 0 N–H and O–H groups in total. The van der Waals surface area contributed by atoms with E-state index in [0.29, 0.717) is 25.5 Å². The van der Waals surface area contributed by atoms with Gasteiger partial charge in [-0.25, -0.2) is 15.0 Å². The number of oxazole rings is 2. The minimum atomic E-state index is 0.0172. The molecule has 0 unspecified atom stereocenters. The number of hydrogen-bond acceptors (Lipinski definition) is 8. The summed E-state index contributed by atoms with van der Waals surface area (Å²) in [5.74, 6) is 1.44. The third-order valence-electron chi connectivity index (χ3n) is 4.20. The highest BCUT2D eigenvalue weighted by molar-refractivity contribution is 5.34. The van der Waals surface area contributed by atoms with Crippen molar-refractivity contribution in [3.8, 4) is 5.88 Å². The quantitative estimate of drug-likeness (QED) is 0.673. The molecule has 8 heteroatoms. The highest BCUT2D eigenvalue weighted by Gasteiger charge is 2.29. The molecule has 130 valence electrons.